The number of carbonyl (C=O) groups excluding carboxylic acids is 4. The van der Waals surface area contributed by atoms with Crippen LogP contribution in [0.5, 0.6) is 0 Å². The molecule has 8 N–H and O–H groups in total. The Morgan fingerprint density at radius 1 is 0.530 bits per heavy atom. The summed E-state index contributed by atoms with van der Waals surface area (Å²) in [5.41, 5.74) is 10.0. The zero-order chi connectivity index (χ0) is 71.9. The molecule has 6 aliphatic heterocycles. The highest BCUT2D eigenvalue weighted by atomic mass is 79.9. The quantitative estimate of drug-likeness (QED) is 0.0818. The van der Waals surface area contributed by atoms with E-state index in [9.17, 15) is 19.2 Å². The third-order valence-corrected chi connectivity index (χ3v) is 17.0. The van der Waals surface area contributed by atoms with E-state index in [-0.39, 0.29) is 29.6 Å². The maximum absolute atomic E-state index is 12.4. The van der Waals surface area contributed by atoms with Crippen LogP contribution in [0.3, 0.4) is 0 Å². The van der Waals surface area contributed by atoms with E-state index in [4.69, 9.17) is 52.5 Å². The molecule has 34 nitrogen and oxygen atoms in total. The highest BCUT2D eigenvalue weighted by Crippen LogP contribution is 2.25. The number of ether oxygens (including phenoxy) is 4. The second kappa shape index (κ2) is 40.5. The lowest BCUT2D eigenvalue weighted by molar-refractivity contribution is -0.136. The Kier molecular flexibility index (Phi) is 31.8. The lowest BCUT2D eigenvalue weighted by Crippen LogP contribution is -2.51. The molecular formula is C62H88BrClN26O8S2. The van der Waals surface area contributed by atoms with Gasteiger partial charge in [0.15, 0.2) is 10.3 Å². The molecule has 6 aromatic heterocycles. The number of nitrogens with zero attached hydrogens (tertiary/aromatic N) is 20. The van der Waals surface area contributed by atoms with Gasteiger partial charge in [-0.05, 0) is 41.5 Å². The zero-order valence-corrected chi connectivity index (χ0v) is 61.1. The monoisotopic (exact) mass is 1500 g/mol. The molecule has 4 amide bonds. The highest BCUT2D eigenvalue weighted by Gasteiger charge is 2.28. The Balaban J connectivity index is 0.000000177. The van der Waals surface area contributed by atoms with E-state index >= 15 is 0 Å². The maximum atomic E-state index is 12.4. The molecule has 0 radical (unpaired) electrons. The first-order chi connectivity index (χ1) is 48.0. The maximum Gasteiger partial charge on any atom is 0.410 e. The number of morpholine rings is 2. The number of nitriles is 2. The van der Waals surface area contributed by atoms with Gasteiger partial charge in [-0.2, -0.15) is 10.5 Å². The summed E-state index contributed by atoms with van der Waals surface area (Å²) < 4.78 is 21.0. The molecule has 38 heteroatoms. The second-order valence-electron chi connectivity index (χ2n) is 24.4. The number of nitrogen functional groups attached to an aromatic ring is 2. The van der Waals surface area contributed by atoms with Crippen molar-refractivity contribution in [3.63, 3.8) is 0 Å². The predicted octanol–water partition coefficient (Wildman–Crippen LogP) is 4.38. The van der Waals surface area contributed by atoms with Crippen molar-refractivity contribution in [3.05, 3.63) is 76.9 Å². The largest absolute Gasteiger partial charge is 0.444 e. The summed E-state index contributed by atoms with van der Waals surface area (Å²) in [5, 5.41) is 32.5. The molecule has 6 saturated heterocycles. The normalized spacial score (nSPS) is 16.4. The van der Waals surface area contributed by atoms with Crippen LogP contribution in [0, 0.1) is 22.7 Å². The van der Waals surface area contributed by atoms with Crippen molar-refractivity contribution < 1.29 is 38.1 Å². The van der Waals surface area contributed by atoms with E-state index in [1.807, 2.05) is 58.6 Å². The van der Waals surface area contributed by atoms with Crippen LogP contribution in [0.4, 0.5) is 60.6 Å². The van der Waals surface area contributed by atoms with Gasteiger partial charge in [0.1, 0.15) is 104 Å². The van der Waals surface area contributed by atoms with Gasteiger partial charge in [-0.1, -0.05) is 50.2 Å². The number of nitrogens with one attached hydrogen (secondary N) is 4. The average Bonchev–Trinajstić information content (AvgIpc) is 1.05. The number of aromatic nitrogens is 10. The van der Waals surface area contributed by atoms with Gasteiger partial charge in [-0.25, -0.2) is 59.4 Å². The number of amides is 4. The van der Waals surface area contributed by atoms with Crippen LogP contribution < -0.4 is 47.4 Å². The number of carbonyl (C=O) groups is 4. The predicted molar refractivity (Wildman–Crippen MR) is 385 cm³/mol. The van der Waals surface area contributed by atoms with Gasteiger partial charge in [0.2, 0.25) is 11.8 Å². The van der Waals surface area contributed by atoms with E-state index in [2.05, 4.69) is 119 Å². The number of alkyl halides is 1. The number of piperazine rings is 4. The van der Waals surface area contributed by atoms with Gasteiger partial charge < -0.3 is 86.0 Å². The number of halogens is 2. The molecule has 540 valence electrons. The molecule has 0 spiro atoms. The first-order valence-corrected chi connectivity index (χ1v) is 35.5. The molecule has 0 saturated carbocycles. The molecule has 12 rings (SSSR count). The summed E-state index contributed by atoms with van der Waals surface area (Å²) in [5.74, 6) is 5.03. The van der Waals surface area contributed by atoms with Crippen LogP contribution in [-0.2, 0) is 28.5 Å². The molecule has 12 heterocycles. The van der Waals surface area contributed by atoms with Crippen molar-refractivity contribution in [2.75, 3.05) is 206 Å². The number of rotatable bonds is 10. The third-order valence-electron chi connectivity index (χ3n) is 14.7. The molecule has 0 aromatic carbocycles. The number of hydrogen-bond acceptors (Lipinski definition) is 32. The molecule has 6 fully saturated rings. The lowest BCUT2D eigenvalue weighted by atomic mass is 10.2. The molecule has 6 aliphatic rings. The van der Waals surface area contributed by atoms with Gasteiger partial charge in [0, 0.05) is 155 Å². The summed E-state index contributed by atoms with van der Waals surface area (Å²) in [6.07, 6.45) is 8.44. The Bertz CT molecular complexity index is 3580. The Morgan fingerprint density at radius 2 is 0.930 bits per heavy atom. The molecule has 0 aliphatic carbocycles. The molecule has 100 heavy (non-hydrogen) atoms. The van der Waals surface area contributed by atoms with E-state index in [1.54, 1.807) is 33.3 Å². The minimum absolute atomic E-state index is 0.156. The van der Waals surface area contributed by atoms with Crippen molar-refractivity contribution in [1.82, 2.24) is 85.0 Å². The van der Waals surface area contributed by atoms with E-state index in [1.165, 1.54) is 53.9 Å². The fourth-order valence-electron chi connectivity index (χ4n) is 9.69. The Hall–Kier alpha value is -8.79. The van der Waals surface area contributed by atoms with Crippen LogP contribution in [-0.4, -0.2) is 279 Å². The van der Waals surface area contributed by atoms with Crippen LogP contribution in [0.2, 0.25) is 5.15 Å². The molecule has 0 atom stereocenters. The fourth-order valence-corrected chi connectivity index (χ4v) is 11.4. The number of nitrogens with two attached hydrogens (primary N) is 2. The lowest BCUT2D eigenvalue weighted by Gasteiger charge is -2.36. The fraction of sp³-hybridized carbons (Fsp3) is 0.548. The van der Waals surface area contributed by atoms with Gasteiger partial charge in [0.25, 0.3) is 0 Å². The van der Waals surface area contributed by atoms with Crippen molar-refractivity contribution in [1.29, 1.82) is 10.5 Å². The SMILES string of the molecule is CC(C)(C)OC(=O)N1CCN(c2cc(N)ncn2)CC1.CC(C)(C)OC(=O)N1CCNCC1.N#Cc1cnc(Nc2cc(N3CCN(CC(=O)N4CCOCC4)CC3)ncn2)s1.N#Cc1cnc(Nc2cc(N3CCNCC3)ncn2)s1.Nc1cc(Cl)ncn1.O=C(CBr)N1CCOCC1. The molecular weight excluding hydrogens is 1420 g/mol. The van der Waals surface area contributed by atoms with Crippen LogP contribution in [0.1, 0.15) is 51.3 Å². The summed E-state index contributed by atoms with van der Waals surface area (Å²) in [6.45, 7) is 30.0. The van der Waals surface area contributed by atoms with Gasteiger partial charge in [-0.15, -0.1) is 0 Å². The third kappa shape index (κ3) is 28.1. The summed E-state index contributed by atoms with van der Waals surface area (Å²) in [4.78, 5) is 104. The average molecular weight is 1510 g/mol. The zero-order valence-electron chi connectivity index (χ0n) is 57.1. The van der Waals surface area contributed by atoms with E-state index in [0.717, 1.165) is 109 Å². The van der Waals surface area contributed by atoms with Crippen molar-refractivity contribution in [3.8, 4) is 12.1 Å². The van der Waals surface area contributed by atoms with Gasteiger partial charge in [-0.3, -0.25) is 14.5 Å². The summed E-state index contributed by atoms with van der Waals surface area (Å²) >= 11 is 11.1. The van der Waals surface area contributed by atoms with E-state index < -0.39 is 5.60 Å². The highest BCUT2D eigenvalue weighted by molar-refractivity contribution is 9.09. The topological polar surface area (TPSA) is 408 Å². The van der Waals surface area contributed by atoms with Gasteiger partial charge in [0.05, 0.1) is 50.7 Å². The first kappa shape index (κ1) is 78.5. The van der Waals surface area contributed by atoms with Crippen LogP contribution >= 0.6 is 50.2 Å². The molecule has 6 aromatic rings. The van der Waals surface area contributed by atoms with E-state index in [0.29, 0.717) is 126 Å². The summed E-state index contributed by atoms with van der Waals surface area (Å²) in [6, 6.07) is 11.1. The van der Waals surface area contributed by atoms with Crippen LogP contribution in [0.15, 0.2) is 62.0 Å². The minimum Gasteiger partial charge on any atom is -0.444 e. The number of hydrogen-bond donors (Lipinski definition) is 6. The standard InChI is InChI=1S/C18H22N8O2S.C13H21N5O2.C12H13N7S.C9H18N2O2.C6H10BrNO2.C4H4ClN3/c19-10-14-11-20-18(29-14)23-15-9-16(22-13-21-15)25-3-1-24(2-4-25)12-17(27)26-5-7-28-8-6-26;1-13(2,3)20-12(19)18-6-4-17(5-7-18)11-8-10(14)15-9-16-11;13-6-9-7-15-12(20-9)18-10-5-11(17-8-16-10)19-3-1-14-2-4-19;1-9(2,3)13-8(12)11-6-4-10-5-7-11;7-5-6(9)8-1-3-10-4-2-8;5-3-1-4(6)8-2-7-3/h9,11,13H,1-8,12H2,(H,20,21,22,23);8-9H,4-7H2,1-3H3,(H2,14,15,16);5,7-8,14H,1-4H2,(H,15,16,17,18);10H,4-7H2,1-3H3;1-5H2;1-2H,(H2,6,7,8). The Labute approximate surface area is 603 Å². The first-order valence-electron chi connectivity index (χ1n) is 32.4. The number of anilines is 9. The smallest absolute Gasteiger partial charge is 0.410 e. The summed E-state index contributed by atoms with van der Waals surface area (Å²) in [7, 11) is 0. The molecule has 0 bridgehead atoms. The van der Waals surface area contributed by atoms with Gasteiger partial charge >= 0.3 is 12.2 Å². The second-order valence-corrected chi connectivity index (χ2v) is 27.4. The minimum atomic E-state index is -0.463. The number of thiazole rings is 2. The van der Waals surface area contributed by atoms with Crippen molar-refractivity contribution in [2.24, 2.45) is 0 Å². The van der Waals surface area contributed by atoms with Crippen molar-refractivity contribution in [2.45, 2.75) is 52.7 Å². The Morgan fingerprint density at radius 3 is 1.34 bits per heavy atom. The molecule has 0 unspecified atom stereocenters. The van der Waals surface area contributed by atoms with Crippen LogP contribution in [0.25, 0.3) is 0 Å². The van der Waals surface area contributed by atoms with Crippen molar-refractivity contribution >= 4 is 125 Å².